The largest absolute Gasteiger partial charge is 0.390 e. The lowest BCUT2D eigenvalue weighted by Crippen LogP contribution is -2.42. The van der Waals surface area contributed by atoms with Gasteiger partial charge in [0, 0.05) is 17.3 Å². The molecule has 2 aromatic heterocycles. The fourth-order valence-electron chi connectivity index (χ4n) is 6.09. The van der Waals surface area contributed by atoms with Crippen molar-refractivity contribution >= 4 is 40.2 Å². The molecule has 4 aliphatic carbocycles. The molecule has 162 valence electrons. The van der Waals surface area contributed by atoms with Gasteiger partial charge in [-0.15, -0.1) is 11.6 Å². The highest BCUT2D eigenvalue weighted by molar-refractivity contribution is 6.28. The SMILES string of the molecule is O[C@H]1[C@H](n2cnc3c(NC(C4CCC4)C4CCC4)nc(Cl)nc32)[C@H]2C[C@@]2(CCl)[C@H]1O. The third-order valence-electron chi connectivity index (χ3n) is 8.44. The fourth-order valence-corrected chi connectivity index (χ4v) is 6.72. The Hall–Kier alpha value is -1.15. The van der Waals surface area contributed by atoms with Crippen molar-refractivity contribution in [3.05, 3.63) is 11.6 Å². The zero-order valence-corrected chi connectivity index (χ0v) is 18.2. The predicted molar refractivity (Wildman–Crippen MR) is 115 cm³/mol. The molecular formula is C21H27Cl2N5O2. The lowest BCUT2D eigenvalue weighted by atomic mass is 9.68. The highest BCUT2D eigenvalue weighted by Crippen LogP contribution is 2.68. The molecule has 0 saturated heterocycles. The zero-order chi connectivity index (χ0) is 20.6. The van der Waals surface area contributed by atoms with Gasteiger partial charge in [0.1, 0.15) is 6.10 Å². The van der Waals surface area contributed by atoms with E-state index in [0.717, 1.165) is 6.42 Å². The number of fused-ring (bicyclic) bond motifs is 2. The van der Waals surface area contributed by atoms with Crippen molar-refractivity contribution in [2.24, 2.45) is 23.2 Å². The zero-order valence-electron chi connectivity index (χ0n) is 16.7. The number of aromatic nitrogens is 4. The molecule has 6 rings (SSSR count). The summed E-state index contributed by atoms with van der Waals surface area (Å²) in [5, 5.41) is 25.2. The van der Waals surface area contributed by atoms with Crippen LogP contribution in [-0.2, 0) is 0 Å². The summed E-state index contributed by atoms with van der Waals surface area (Å²) in [6.07, 6.45) is 8.42. The number of aliphatic hydroxyl groups excluding tert-OH is 2. The molecular weight excluding hydrogens is 425 g/mol. The van der Waals surface area contributed by atoms with Crippen LogP contribution in [-0.4, -0.2) is 53.9 Å². The van der Waals surface area contributed by atoms with Crippen molar-refractivity contribution in [3.8, 4) is 0 Å². The predicted octanol–water partition coefficient (Wildman–Crippen LogP) is 3.38. The molecule has 7 nitrogen and oxygen atoms in total. The van der Waals surface area contributed by atoms with Gasteiger partial charge in [-0.05, 0) is 61.5 Å². The van der Waals surface area contributed by atoms with Crippen LogP contribution in [0.5, 0.6) is 0 Å². The average Bonchev–Trinajstić information content (AvgIpc) is 3.16. The second-order valence-corrected chi connectivity index (χ2v) is 10.4. The van der Waals surface area contributed by atoms with Crippen LogP contribution in [0.25, 0.3) is 11.2 Å². The summed E-state index contributed by atoms with van der Waals surface area (Å²) in [5.74, 6) is 2.50. The maximum Gasteiger partial charge on any atom is 0.226 e. The number of imidazole rings is 1. The molecule has 0 amide bonds. The summed E-state index contributed by atoms with van der Waals surface area (Å²) in [4.78, 5) is 13.6. The number of anilines is 1. The smallest absolute Gasteiger partial charge is 0.226 e. The normalized spacial score (nSPS) is 36.0. The summed E-state index contributed by atoms with van der Waals surface area (Å²) in [5.41, 5.74) is 0.875. The molecule has 3 N–H and O–H groups in total. The third-order valence-corrected chi connectivity index (χ3v) is 9.10. The number of rotatable bonds is 6. The van der Waals surface area contributed by atoms with Gasteiger partial charge in [-0.1, -0.05) is 12.8 Å². The van der Waals surface area contributed by atoms with E-state index < -0.39 is 17.6 Å². The van der Waals surface area contributed by atoms with E-state index in [0.29, 0.717) is 40.7 Å². The summed E-state index contributed by atoms with van der Waals surface area (Å²) >= 11 is 12.5. The van der Waals surface area contributed by atoms with Gasteiger partial charge < -0.3 is 20.1 Å². The van der Waals surface area contributed by atoms with Crippen molar-refractivity contribution in [1.82, 2.24) is 19.5 Å². The van der Waals surface area contributed by atoms with Crippen LogP contribution in [0.4, 0.5) is 5.82 Å². The van der Waals surface area contributed by atoms with Gasteiger partial charge in [0.05, 0.1) is 18.5 Å². The highest BCUT2D eigenvalue weighted by Gasteiger charge is 2.71. The number of hydrogen-bond acceptors (Lipinski definition) is 6. The summed E-state index contributed by atoms with van der Waals surface area (Å²) in [6, 6.07) is 0.0923. The second-order valence-electron chi connectivity index (χ2n) is 9.82. The minimum atomic E-state index is -0.900. The quantitative estimate of drug-likeness (QED) is 0.460. The van der Waals surface area contributed by atoms with Gasteiger partial charge in [0.2, 0.25) is 5.28 Å². The Morgan fingerprint density at radius 2 is 1.87 bits per heavy atom. The van der Waals surface area contributed by atoms with E-state index in [2.05, 4.69) is 20.3 Å². The number of hydrogen-bond donors (Lipinski definition) is 3. The third kappa shape index (κ3) is 2.68. The van der Waals surface area contributed by atoms with Crippen LogP contribution in [0.2, 0.25) is 5.28 Å². The number of halogens is 2. The van der Waals surface area contributed by atoms with Crippen molar-refractivity contribution in [2.75, 3.05) is 11.2 Å². The van der Waals surface area contributed by atoms with Crippen LogP contribution in [0.3, 0.4) is 0 Å². The average molecular weight is 452 g/mol. The number of nitrogens with one attached hydrogen (secondary N) is 1. The molecule has 0 spiro atoms. The Labute approximate surface area is 185 Å². The van der Waals surface area contributed by atoms with Gasteiger partial charge in [-0.25, -0.2) is 4.98 Å². The highest BCUT2D eigenvalue weighted by atomic mass is 35.5. The van der Waals surface area contributed by atoms with Crippen molar-refractivity contribution in [1.29, 1.82) is 0 Å². The van der Waals surface area contributed by atoms with Crippen LogP contribution in [0.1, 0.15) is 51.0 Å². The Kier molecular flexibility index (Phi) is 4.51. The van der Waals surface area contributed by atoms with Crippen molar-refractivity contribution in [3.63, 3.8) is 0 Å². The maximum absolute atomic E-state index is 10.7. The molecule has 0 unspecified atom stereocenters. The topological polar surface area (TPSA) is 96.1 Å². The molecule has 0 radical (unpaired) electrons. The minimum Gasteiger partial charge on any atom is -0.390 e. The van der Waals surface area contributed by atoms with E-state index in [1.807, 2.05) is 4.57 Å². The van der Waals surface area contributed by atoms with Gasteiger partial charge in [0.15, 0.2) is 17.0 Å². The first kappa shape index (κ1) is 19.5. The molecule has 30 heavy (non-hydrogen) atoms. The summed E-state index contributed by atoms with van der Waals surface area (Å²) in [7, 11) is 0. The molecule has 0 aliphatic heterocycles. The first-order chi connectivity index (χ1) is 14.5. The minimum absolute atomic E-state index is 0.111. The molecule has 2 aromatic rings. The molecule has 4 fully saturated rings. The fraction of sp³-hybridized carbons (Fsp3) is 0.762. The lowest BCUT2D eigenvalue weighted by molar-refractivity contribution is -0.0129. The van der Waals surface area contributed by atoms with Crippen LogP contribution < -0.4 is 5.32 Å². The van der Waals surface area contributed by atoms with E-state index in [4.69, 9.17) is 23.2 Å². The van der Waals surface area contributed by atoms with Gasteiger partial charge in [-0.3, -0.25) is 0 Å². The standard InChI is InChI=1S/C21H27Cl2N5O2/c22-8-21-7-12(21)15(16(29)17(21)30)28-9-24-14-18(26-20(23)27-19(14)28)25-13(10-3-1-4-10)11-5-2-6-11/h9-13,15-17,29-30H,1-8H2,(H,25,26,27)/t12-,15-,16+,17+,21+/m1/s1. The molecule has 9 heteroatoms. The van der Waals surface area contributed by atoms with E-state index in [1.165, 1.54) is 38.5 Å². The first-order valence-electron chi connectivity index (χ1n) is 11.1. The molecule has 4 saturated carbocycles. The van der Waals surface area contributed by atoms with Crippen LogP contribution in [0, 0.1) is 23.2 Å². The molecule has 0 aromatic carbocycles. The Morgan fingerprint density at radius 1 is 1.17 bits per heavy atom. The van der Waals surface area contributed by atoms with Crippen LogP contribution >= 0.6 is 23.2 Å². The first-order valence-corrected chi connectivity index (χ1v) is 12.0. The van der Waals surface area contributed by atoms with Crippen molar-refractivity contribution < 1.29 is 10.2 Å². The molecule has 0 bridgehead atoms. The van der Waals surface area contributed by atoms with Gasteiger partial charge in [0.25, 0.3) is 0 Å². The lowest BCUT2D eigenvalue weighted by Gasteiger charge is -2.43. The van der Waals surface area contributed by atoms with Gasteiger partial charge >= 0.3 is 0 Å². The Balaban J connectivity index is 1.36. The summed E-state index contributed by atoms with van der Waals surface area (Å²) in [6.45, 7) is 0. The van der Waals surface area contributed by atoms with Crippen molar-refractivity contribution in [2.45, 2.75) is 69.2 Å². The van der Waals surface area contributed by atoms with E-state index in [9.17, 15) is 10.2 Å². The Bertz CT molecular complexity index is 964. The van der Waals surface area contributed by atoms with E-state index >= 15 is 0 Å². The number of aliphatic hydroxyl groups is 2. The van der Waals surface area contributed by atoms with E-state index in [1.54, 1.807) is 6.33 Å². The number of nitrogens with zero attached hydrogens (tertiary/aromatic N) is 4. The van der Waals surface area contributed by atoms with Gasteiger partial charge in [-0.2, -0.15) is 9.97 Å². The number of alkyl halides is 1. The van der Waals surface area contributed by atoms with Crippen LogP contribution in [0.15, 0.2) is 6.33 Å². The maximum atomic E-state index is 10.7. The molecule has 5 atom stereocenters. The second kappa shape index (κ2) is 6.92. The monoisotopic (exact) mass is 451 g/mol. The summed E-state index contributed by atoms with van der Waals surface area (Å²) < 4.78 is 1.87. The molecule has 4 aliphatic rings. The molecule has 2 heterocycles. The van der Waals surface area contributed by atoms with E-state index in [-0.39, 0.29) is 17.2 Å². The Morgan fingerprint density at radius 3 is 2.43 bits per heavy atom.